The molecule has 18 heavy (non-hydrogen) atoms. The zero-order valence-corrected chi connectivity index (χ0v) is 11.7. The van der Waals surface area contributed by atoms with E-state index in [4.69, 9.17) is 5.21 Å². The Balaban J connectivity index is 2.75. The van der Waals surface area contributed by atoms with E-state index in [9.17, 15) is 4.39 Å². The molecule has 0 amide bonds. The Hall–Kier alpha value is -1.00. The van der Waals surface area contributed by atoms with E-state index in [1.165, 1.54) is 6.07 Å². The number of rotatable bonds is 7. The molecule has 1 atom stereocenters. The van der Waals surface area contributed by atoms with E-state index in [1.807, 2.05) is 6.07 Å². The predicted octanol–water partition coefficient (Wildman–Crippen LogP) is 4.28. The predicted molar refractivity (Wildman–Crippen MR) is 74.4 cm³/mol. The highest BCUT2D eigenvalue weighted by atomic mass is 32.2. The summed E-state index contributed by atoms with van der Waals surface area (Å²) in [5, 5.41) is 9.06. The molecule has 1 unspecified atom stereocenters. The summed E-state index contributed by atoms with van der Waals surface area (Å²) < 4.78 is 13.2. The summed E-state index contributed by atoms with van der Waals surface area (Å²) in [7, 11) is 0. The van der Waals surface area contributed by atoms with Gasteiger partial charge in [0.2, 0.25) is 0 Å². The van der Waals surface area contributed by atoms with Crippen LogP contribution < -0.4 is 5.48 Å². The maximum atomic E-state index is 13.2. The van der Waals surface area contributed by atoms with Gasteiger partial charge in [-0.3, -0.25) is 10.7 Å². The Morgan fingerprint density at radius 1 is 1.56 bits per heavy atom. The second-order valence-corrected chi connectivity index (χ2v) is 5.57. The number of halogens is 1. The number of hydrogen-bond acceptors (Lipinski definition) is 3. The van der Waals surface area contributed by atoms with Gasteiger partial charge in [0.15, 0.2) is 0 Å². The standard InChI is InChI=1S/C14H20FNOS/c1-4-5-6-14(11(3)16-17)18-12-7-8-13(15)10(2)9-12/h7-9,14,16-17H,3-6H2,1-2H3. The van der Waals surface area contributed by atoms with E-state index < -0.39 is 0 Å². The van der Waals surface area contributed by atoms with E-state index in [-0.39, 0.29) is 11.1 Å². The van der Waals surface area contributed by atoms with E-state index in [0.29, 0.717) is 11.3 Å². The summed E-state index contributed by atoms with van der Waals surface area (Å²) in [5.74, 6) is -0.191. The van der Waals surface area contributed by atoms with Crippen LogP contribution in [0.25, 0.3) is 0 Å². The van der Waals surface area contributed by atoms with Crippen LogP contribution in [0.1, 0.15) is 31.7 Å². The molecule has 2 nitrogen and oxygen atoms in total. The topological polar surface area (TPSA) is 32.3 Å². The average molecular weight is 269 g/mol. The van der Waals surface area contributed by atoms with Crippen molar-refractivity contribution in [3.05, 3.63) is 41.9 Å². The van der Waals surface area contributed by atoms with Gasteiger partial charge >= 0.3 is 0 Å². The highest BCUT2D eigenvalue weighted by Crippen LogP contribution is 2.30. The van der Waals surface area contributed by atoms with Crippen LogP contribution >= 0.6 is 11.8 Å². The quantitative estimate of drug-likeness (QED) is 0.572. The van der Waals surface area contributed by atoms with E-state index in [0.717, 1.165) is 24.2 Å². The van der Waals surface area contributed by atoms with Crippen molar-refractivity contribution in [2.24, 2.45) is 0 Å². The Bertz CT molecular complexity index is 409. The highest BCUT2D eigenvalue weighted by Gasteiger charge is 2.14. The van der Waals surface area contributed by atoms with Crippen LogP contribution in [0.15, 0.2) is 35.4 Å². The fraction of sp³-hybridized carbons (Fsp3) is 0.429. The van der Waals surface area contributed by atoms with Gasteiger partial charge < -0.3 is 0 Å². The molecule has 1 aromatic rings. The number of hydroxylamine groups is 1. The van der Waals surface area contributed by atoms with Gasteiger partial charge in [-0.1, -0.05) is 26.3 Å². The fourth-order valence-electron chi connectivity index (χ4n) is 1.62. The van der Waals surface area contributed by atoms with E-state index >= 15 is 0 Å². The van der Waals surface area contributed by atoms with Gasteiger partial charge in [0.25, 0.3) is 0 Å². The second kappa shape index (κ2) is 7.44. The summed E-state index contributed by atoms with van der Waals surface area (Å²) in [5.41, 5.74) is 3.36. The van der Waals surface area contributed by atoms with Gasteiger partial charge in [-0.15, -0.1) is 11.8 Å². The molecule has 0 saturated heterocycles. The first-order chi connectivity index (χ1) is 8.58. The normalized spacial score (nSPS) is 12.2. The van der Waals surface area contributed by atoms with E-state index in [1.54, 1.807) is 24.8 Å². The van der Waals surface area contributed by atoms with Crippen molar-refractivity contribution < 1.29 is 9.60 Å². The average Bonchev–Trinajstić information content (AvgIpc) is 2.37. The van der Waals surface area contributed by atoms with Gasteiger partial charge in [0, 0.05) is 10.6 Å². The Morgan fingerprint density at radius 3 is 2.83 bits per heavy atom. The highest BCUT2D eigenvalue weighted by molar-refractivity contribution is 8.00. The van der Waals surface area contributed by atoms with Gasteiger partial charge in [-0.25, -0.2) is 4.39 Å². The number of thioether (sulfide) groups is 1. The molecule has 4 heteroatoms. The first-order valence-electron chi connectivity index (χ1n) is 6.10. The smallest absolute Gasteiger partial charge is 0.126 e. The minimum Gasteiger partial charge on any atom is -0.291 e. The molecule has 0 aromatic heterocycles. The fourth-order valence-corrected chi connectivity index (χ4v) is 2.82. The monoisotopic (exact) mass is 269 g/mol. The lowest BCUT2D eigenvalue weighted by Gasteiger charge is -2.18. The maximum Gasteiger partial charge on any atom is 0.126 e. The largest absolute Gasteiger partial charge is 0.291 e. The minimum atomic E-state index is -0.191. The van der Waals surface area contributed by atoms with Crippen molar-refractivity contribution in [3.63, 3.8) is 0 Å². The summed E-state index contributed by atoms with van der Waals surface area (Å²) >= 11 is 1.60. The maximum absolute atomic E-state index is 13.2. The SMILES string of the molecule is C=C(NO)C(CCCC)Sc1ccc(F)c(C)c1. The summed E-state index contributed by atoms with van der Waals surface area (Å²) in [6, 6.07) is 5.06. The van der Waals surface area contributed by atoms with Crippen molar-refractivity contribution in [1.82, 2.24) is 5.48 Å². The molecule has 1 aromatic carbocycles. The molecule has 0 spiro atoms. The van der Waals surface area contributed by atoms with Crippen LogP contribution in [0, 0.1) is 12.7 Å². The molecule has 0 saturated carbocycles. The summed E-state index contributed by atoms with van der Waals surface area (Å²) in [6.45, 7) is 7.68. The molecule has 0 aliphatic rings. The van der Waals surface area contributed by atoms with Crippen LogP contribution in [-0.4, -0.2) is 10.5 Å². The lowest BCUT2D eigenvalue weighted by Crippen LogP contribution is -2.18. The first kappa shape index (κ1) is 15.1. The number of unbranched alkanes of at least 4 members (excludes halogenated alkanes) is 1. The zero-order chi connectivity index (χ0) is 13.5. The Kier molecular flexibility index (Phi) is 6.22. The molecule has 2 N–H and O–H groups in total. The van der Waals surface area contributed by atoms with Crippen molar-refractivity contribution in [2.45, 2.75) is 43.3 Å². The zero-order valence-electron chi connectivity index (χ0n) is 10.9. The Labute approximate surface area is 112 Å². The minimum absolute atomic E-state index is 0.0970. The molecular formula is C14H20FNOS. The van der Waals surface area contributed by atoms with Crippen LogP contribution in [0.2, 0.25) is 0 Å². The second-order valence-electron chi connectivity index (χ2n) is 4.30. The molecule has 0 aliphatic carbocycles. The van der Waals surface area contributed by atoms with Crippen LogP contribution in [0.3, 0.4) is 0 Å². The van der Waals surface area contributed by atoms with E-state index in [2.05, 4.69) is 19.0 Å². The molecule has 0 bridgehead atoms. The van der Waals surface area contributed by atoms with Crippen LogP contribution in [0.4, 0.5) is 4.39 Å². The van der Waals surface area contributed by atoms with Crippen LogP contribution in [-0.2, 0) is 0 Å². The third kappa shape index (κ3) is 4.35. The molecule has 0 aliphatic heterocycles. The van der Waals surface area contributed by atoms with Gasteiger partial charge in [0.05, 0.1) is 5.25 Å². The molecule has 0 fully saturated rings. The summed E-state index contributed by atoms with van der Waals surface area (Å²) in [4.78, 5) is 0.992. The van der Waals surface area contributed by atoms with Crippen LogP contribution in [0.5, 0.6) is 0 Å². The number of aryl methyl sites for hydroxylation is 1. The number of nitrogens with one attached hydrogen (secondary N) is 1. The lowest BCUT2D eigenvalue weighted by molar-refractivity contribution is 0.197. The lowest BCUT2D eigenvalue weighted by atomic mass is 10.2. The van der Waals surface area contributed by atoms with Gasteiger partial charge in [-0.2, -0.15) is 0 Å². The van der Waals surface area contributed by atoms with Crippen molar-refractivity contribution in [3.8, 4) is 0 Å². The van der Waals surface area contributed by atoms with Gasteiger partial charge in [-0.05, 0) is 37.1 Å². The number of hydrogen-bond donors (Lipinski definition) is 2. The molecule has 0 heterocycles. The Morgan fingerprint density at radius 2 is 2.28 bits per heavy atom. The molecule has 1 rings (SSSR count). The third-order valence-electron chi connectivity index (χ3n) is 2.76. The molecule has 100 valence electrons. The third-order valence-corrected chi connectivity index (χ3v) is 4.09. The van der Waals surface area contributed by atoms with Crippen molar-refractivity contribution in [1.29, 1.82) is 0 Å². The summed E-state index contributed by atoms with van der Waals surface area (Å²) in [6.07, 6.45) is 3.10. The first-order valence-corrected chi connectivity index (χ1v) is 6.98. The van der Waals surface area contributed by atoms with Crippen molar-refractivity contribution in [2.75, 3.05) is 0 Å². The molecular weight excluding hydrogens is 249 g/mol. The molecule has 0 radical (unpaired) electrons. The van der Waals surface area contributed by atoms with Crippen molar-refractivity contribution >= 4 is 11.8 Å². The van der Waals surface area contributed by atoms with Gasteiger partial charge in [0.1, 0.15) is 5.82 Å². The number of benzene rings is 1.